The lowest BCUT2D eigenvalue weighted by atomic mass is 10.1. The van der Waals surface area contributed by atoms with Crippen LogP contribution in [0.5, 0.6) is 0 Å². The summed E-state index contributed by atoms with van der Waals surface area (Å²) < 4.78 is 13.3. The Morgan fingerprint density at radius 3 is 2.57 bits per heavy atom. The molecule has 21 heavy (non-hydrogen) atoms. The summed E-state index contributed by atoms with van der Waals surface area (Å²) in [7, 11) is 2.04. The second-order valence-electron chi connectivity index (χ2n) is 5.65. The number of hydrogen-bond donors (Lipinski definition) is 1. The molecule has 0 bridgehead atoms. The van der Waals surface area contributed by atoms with E-state index in [1.54, 1.807) is 12.1 Å². The maximum absolute atomic E-state index is 13.3. The number of para-hydroxylation sites is 1. The monoisotopic (exact) mass is 286 g/mol. The van der Waals surface area contributed by atoms with Crippen molar-refractivity contribution in [1.29, 1.82) is 0 Å². The molecule has 0 spiro atoms. The molecule has 0 saturated carbocycles. The Labute approximate surface area is 126 Å². The molecule has 0 aromatic heterocycles. The number of benzene rings is 2. The average molecular weight is 286 g/mol. The van der Waals surface area contributed by atoms with Crippen molar-refractivity contribution in [2.24, 2.45) is 0 Å². The lowest BCUT2D eigenvalue weighted by molar-refractivity contribution is 0.588. The van der Waals surface area contributed by atoms with Crippen molar-refractivity contribution in [2.75, 3.05) is 11.9 Å². The molecule has 1 N–H and O–H groups in total. The van der Waals surface area contributed by atoms with Crippen LogP contribution in [0.1, 0.15) is 25.0 Å². The highest BCUT2D eigenvalue weighted by Gasteiger charge is 2.08. The molecular weight excluding hydrogens is 263 g/mol. The molecule has 0 atom stereocenters. The van der Waals surface area contributed by atoms with E-state index in [1.165, 1.54) is 17.3 Å². The molecule has 0 heterocycles. The number of rotatable bonds is 6. The highest BCUT2D eigenvalue weighted by Crippen LogP contribution is 2.21. The van der Waals surface area contributed by atoms with Crippen LogP contribution >= 0.6 is 0 Å². The third-order valence-corrected chi connectivity index (χ3v) is 3.41. The first-order valence-corrected chi connectivity index (χ1v) is 7.33. The summed E-state index contributed by atoms with van der Waals surface area (Å²) in [5.74, 6) is -0.185. The van der Waals surface area contributed by atoms with Crippen LogP contribution in [-0.4, -0.2) is 13.1 Å². The van der Waals surface area contributed by atoms with Crippen LogP contribution < -0.4 is 10.2 Å². The predicted molar refractivity (Wildman–Crippen MR) is 86.9 cm³/mol. The summed E-state index contributed by atoms with van der Waals surface area (Å²) in [5.41, 5.74) is 3.41. The molecule has 112 valence electrons. The molecule has 0 aliphatic rings. The van der Waals surface area contributed by atoms with Crippen LogP contribution in [0.4, 0.5) is 10.1 Å². The van der Waals surface area contributed by atoms with Crippen molar-refractivity contribution >= 4 is 5.69 Å². The van der Waals surface area contributed by atoms with Crippen LogP contribution in [0, 0.1) is 5.82 Å². The van der Waals surface area contributed by atoms with Gasteiger partial charge in [-0.25, -0.2) is 4.39 Å². The molecule has 0 aliphatic carbocycles. The van der Waals surface area contributed by atoms with Gasteiger partial charge < -0.3 is 10.2 Å². The summed E-state index contributed by atoms with van der Waals surface area (Å²) in [6.07, 6.45) is 0. The Bertz CT molecular complexity index is 581. The van der Waals surface area contributed by atoms with Crippen molar-refractivity contribution < 1.29 is 4.39 Å². The number of hydrogen-bond acceptors (Lipinski definition) is 2. The van der Waals surface area contributed by atoms with Crippen LogP contribution in [0.25, 0.3) is 0 Å². The van der Waals surface area contributed by atoms with Gasteiger partial charge in [0, 0.05) is 31.9 Å². The molecule has 0 aliphatic heterocycles. The zero-order chi connectivity index (χ0) is 15.2. The molecule has 0 amide bonds. The van der Waals surface area contributed by atoms with Crippen molar-refractivity contribution in [1.82, 2.24) is 5.32 Å². The molecule has 0 radical (unpaired) electrons. The lowest BCUT2D eigenvalue weighted by Crippen LogP contribution is -2.24. The number of nitrogens with zero attached hydrogens (tertiary/aromatic N) is 1. The van der Waals surface area contributed by atoms with E-state index >= 15 is 0 Å². The van der Waals surface area contributed by atoms with E-state index in [1.807, 2.05) is 19.2 Å². The van der Waals surface area contributed by atoms with Crippen LogP contribution in [0.2, 0.25) is 0 Å². The van der Waals surface area contributed by atoms with Gasteiger partial charge in [-0.05, 0) is 29.3 Å². The Kier molecular flexibility index (Phi) is 5.34. The normalized spacial score (nSPS) is 10.9. The fraction of sp³-hybridized carbons (Fsp3) is 0.333. The lowest BCUT2D eigenvalue weighted by Gasteiger charge is -2.23. The fourth-order valence-corrected chi connectivity index (χ4v) is 2.34. The van der Waals surface area contributed by atoms with Gasteiger partial charge in [0.15, 0.2) is 0 Å². The Balaban J connectivity index is 2.13. The van der Waals surface area contributed by atoms with E-state index in [0.717, 1.165) is 12.1 Å². The summed E-state index contributed by atoms with van der Waals surface area (Å²) in [6, 6.07) is 15.6. The standard InChI is InChI=1S/C18H23FN2/c1-14(2)20-12-16-8-4-5-10-18(16)21(3)13-15-7-6-9-17(19)11-15/h4-11,14,20H,12-13H2,1-3H3. The van der Waals surface area contributed by atoms with Crippen molar-refractivity contribution in [3.8, 4) is 0 Å². The smallest absolute Gasteiger partial charge is 0.123 e. The second kappa shape index (κ2) is 7.23. The van der Waals surface area contributed by atoms with Gasteiger partial charge in [-0.3, -0.25) is 0 Å². The molecule has 2 aromatic carbocycles. The summed E-state index contributed by atoms with van der Waals surface area (Å²) >= 11 is 0. The van der Waals surface area contributed by atoms with E-state index in [4.69, 9.17) is 0 Å². The zero-order valence-electron chi connectivity index (χ0n) is 12.9. The third-order valence-electron chi connectivity index (χ3n) is 3.41. The van der Waals surface area contributed by atoms with Crippen LogP contribution in [0.15, 0.2) is 48.5 Å². The predicted octanol–water partition coefficient (Wildman–Crippen LogP) is 3.96. The number of anilines is 1. The molecule has 2 aromatic rings. The quantitative estimate of drug-likeness (QED) is 0.864. The molecule has 0 unspecified atom stereocenters. The summed E-state index contributed by atoms with van der Waals surface area (Å²) in [6.45, 7) is 5.80. The van der Waals surface area contributed by atoms with Gasteiger partial charge >= 0.3 is 0 Å². The second-order valence-corrected chi connectivity index (χ2v) is 5.65. The van der Waals surface area contributed by atoms with E-state index in [9.17, 15) is 4.39 Å². The number of nitrogens with one attached hydrogen (secondary N) is 1. The van der Waals surface area contributed by atoms with E-state index in [2.05, 4.69) is 42.3 Å². The highest BCUT2D eigenvalue weighted by atomic mass is 19.1. The van der Waals surface area contributed by atoms with Gasteiger partial charge in [0.05, 0.1) is 0 Å². The topological polar surface area (TPSA) is 15.3 Å². The van der Waals surface area contributed by atoms with Gasteiger partial charge in [-0.1, -0.05) is 44.2 Å². The largest absolute Gasteiger partial charge is 0.370 e. The van der Waals surface area contributed by atoms with Gasteiger partial charge in [0.1, 0.15) is 5.82 Å². The van der Waals surface area contributed by atoms with Crippen molar-refractivity contribution in [3.05, 3.63) is 65.5 Å². The Morgan fingerprint density at radius 1 is 1.10 bits per heavy atom. The first kappa shape index (κ1) is 15.5. The number of halogens is 1. The first-order valence-electron chi connectivity index (χ1n) is 7.33. The van der Waals surface area contributed by atoms with E-state index in [-0.39, 0.29) is 5.82 Å². The van der Waals surface area contributed by atoms with Crippen molar-refractivity contribution in [3.63, 3.8) is 0 Å². The fourth-order valence-electron chi connectivity index (χ4n) is 2.34. The molecule has 0 fully saturated rings. The molecule has 2 nitrogen and oxygen atoms in total. The van der Waals surface area contributed by atoms with E-state index in [0.29, 0.717) is 12.6 Å². The maximum Gasteiger partial charge on any atom is 0.123 e. The van der Waals surface area contributed by atoms with Gasteiger partial charge in [0.25, 0.3) is 0 Å². The molecule has 3 heteroatoms. The minimum Gasteiger partial charge on any atom is -0.370 e. The van der Waals surface area contributed by atoms with Gasteiger partial charge in [-0.2, -0.15) is 0 Å². The zero-order valence-corrected chi connectivity index (χ0v) is 12.9. The third kappa shape index (κ3) is 4.57. The minimum atomic E-state index is -0.185. The average Bonchev–Trinajstić information content (AvgIpc) is 2.45. The van der Waals surface area contributed by atoms with E-state index < -0.39 is 0 Å². The molecule has 2 rings (SSSR count). The Hall–Kier alpha value is -1.87. The SMILES string of the molecule is CC(C)NCc1ccccc1N(C)Cc1cccc(F)c1. The maximum atomic E-state index is 13.3. The van der Waals surface area contributed by atoms with Gasteiger partial charge in [0.2, 0.25) is 0 Å². The molecular formula is C18H23FN2. The Morgan fingerprint density at radius 2 is 1.86 bits per heavy atom. The van der Waals surface area contributed by atoms with Crippen LogP contribution in [0.3, 0.4) is 0 Å². The summed E-state index contributed by atoms with van der Waals surface area (Å²) in [4.78, 5) is 2.16. The first-order chi connectivity index (χ1) is 10.1. The summed E-state index contributed by atoms with van der Waals surface area (Å²) in [5, 5.41) is 3.44. The minimum absolute atomic E-state index is 0.185. The highest BCUT2D eigenvalue weighted by molar-refractivity contribution is 5.53. The van der Waals surface area contributed by atoms with Crippen molar-refractivity contribution in [2.45, 2.75) is 33.0 Å². The van der Waals surface area contributed by atoms with Gasteiger partial charge in [-0.15, -0.1) is 0 Å². The van der Waals surface area contributed by atoms with Crippen LogP contribution in [-0.2, 0) is 13.1 Å². The molecule has 0 saturated heterocycles.